The molecule has 1 amide bonds. The molecule has 0 spiro atoms. The number of methoxy groups -OCH3 is 1. The van der Waals surface area contributed by atoms with Gasteiger partial charge in [-0.2, -0.15) is 0 Å². The molecule has 2 N–H and O–H groups in total. The number of carbonyl (C=O) groups excluding carboxylic acids is 1. The minimum atomic E-state index is -3.96. The zero-order valence-electron chi connectivity index (χ0n) is 17.7. The number of rotatable bonds is 5. The number of anilines is 1. The summed E-state index contributed by atoms with van der Waals surface area (Å²) in [5, 5.41) is 3.25. The number of amides is 1. The number of carbonyl (C=O) groups is 1. The highest BCUT2D eigenvalue weighted by Gasteiger charge is 2.37. The van der Waals surface area contributed by atoms with Crippen molar-refractivity contribution in [2.45, 2.75) is 61.7 Å². The summed E-state index contributed by atoms with van der Waals surface area (Å²) in [7, 11) is -2.36. The molecular weight excluding hydrogens is 412 g/mol. The maximum atomic E-state index is 13.2. The van der Waals surface area contributed by atoms with Crippen LogP contribution >= 0.6 is 0 Å². The van der Waals surface area contributed by atoms with Crippen LogP contribution in [0.25, 0.3) is 0 Å². The molecule has 7 heteroatoms. The molecule has 164 valence electrons. The van der Waals surface area contributed by atoms with Crippen LogP contribution in [-0.4, -0.2) is 28.0 Å². The van der Waals surface area contributed by atoms with Crippen LogP contribution in [0.4, 0.5) is 5.69 Å². The summed E-state index contributed by atoms with van der Waals surface area (Å²) in [5.74, 6) is 0.240. The van der Waals surface area contributed by atoms with Gasteiger partial charge in [0.05, 0.1) is 17.9 Å². The van der Waals surface area contributed by atoms with Crippen molar-refractivity contribution in [2.75, 3.05) is 19.0 Å². The Hall–Kier alpha value is -2.54. The minimum absolute atomic E-state index is 0.193. The lowest BCUT2D eigenvalue weighted by molar-refractivity contribution is -0.120. The van der Waals surface area contributed by atoms with Crippen molar-refractivity contribution in [1.82, 2.24) is 4.72 Å². The van der Waals surface area contributed by atoms with Crippen molar-refractivity contribution >= 4 is 21.6 Å². The first-order valence-corrected chi connectivity index (χ1v) is 12.6. The van der Waals surface area contributed by atoms with E-state index < -0.39 is 21.8 Å². The van der Waals surface area contributed by atoms with Crippen LogP contribution < -0.4 is 14.8 Å². The van der Waals surface area contributed by atoms with Crippen LogP contribution in [0.15, 0.2) is 35.2 Å². The fourth-order valence-corrected chi connectivity index (χ4v) is 6.59. The molecule has 1 atom stereocenters. The Bertz CT molecular complexity index is 1140. The van der Waals surface area contributed by atoms with Gasteiger partial charge in [-0.25, -0.2) is 13.1 Å². The average molecular weight is 441 g/mol. The van der Waals surface area contributed by atoms with Crippen molar-refractivity contribution in [3.63, 3.8) is 0 Å². The first-order valence-electron chi connectivity index (χ1n) is 11.1. The normalized spacial score (nSPS) is 20.2. The van der Waals surface area contributed by atoms with E-state index in [4.69, 9.17) is 4.74 Å². The largest absolute Gasteiger partial charge is 0.496 e. The summed E-state index contributed by atoms with van der Waals surface area (Å²) in [6, 6.07) is 9.25. The Morgan fingerprint density at radius 3 is 2.65 bits per heavy atom. The van der Waals surface area contributed by atoms with Gasteiger partial charge < -0.3 is 10.1 Å². The molecule has 0 aromatic heterocycles. The Balaban J connectivity index is 1.45. The summed E-state index contributed by atoms with van der Waals surface area (Å²) in [6.45, 7) is 0.824. The van der Waals surface area contributed by atoms with E-state index in [9.17, 15) is 13.2 Å². The number of fused-ring (bicyclic) bond motifs is 2. The van der Waals surface area contributed by atoms with Crippen molar-refractivity contribution in [1.29, 1.82) is 0 Å². The van der Waals surface area contributed by atoms with Crippen molar-refractivity contribution in [2.24, 2.45) is 0 Å². The quantitative estimate of drug-likeness (QED) is 0.738. The van der Waals surface area contributed by atoms with Crippen LogP contribution in [0.2, 0.25) is 0 Å². The van der Waals surface area contributed by atoms with E-state index in [-0.39, 0.29) is 4.90 Å². The lowest BCUT2D eigenvalue weighted by atomic mass is 9.77. The molecule has 0 radical (unpaired) electrons. The van der Waals surface area contributed by atoms with Gasteiger partial charge in [-0.1, -0.05) is 18.6 Å². The average Bonchev–Trinajstić information content (AvgIpc) is 3.18. The molecule has 0 bridgehead atoms. The zero-order chi connectivity index (χ0) is 21.6. The van der Waals surface area contributed by atoms with E-state index in [1.165, 1.54) is 30.4 Å². The lowest BCUT2D eigenvalue weighted by Crippen LogP contribution is -2.35. The van der Waals surface area contributed by atoms with Crippen LogP contribution in [0.1, 0.15) is 66.2 Å². The van der Waals surface area contributed by atoms with Gasteiger partial charge in [0.25, 0.3) is 10.0 Å². The minimum Gasteiger partial charge on any atom is -0.496 e. The molecule has 5 rings (SSSR count). The third kappa shape index (κ3) is 3.49. The Morgan fingerprint density at radius 2 is 1.90 bits per heavy atom. The van der Waals surface area contributed by atoms with Gasteiger partial charge in [-0.3, -0.25) is 4.79 Å². The Morgan fingerprint density at radius 1 is 1.06 bits per heavy atom. The second kappa shape index (κ2) is 7.86. The van der Waals surface area contributed by atoms with Crippen LogP contribution in [0.5, 0.6) is 5.75 Å². The van der Waals surface area contributed by atoms with Gasteiger partial charge >= 0.3 is 0 Å². The molecule has 3 aliphatic rings. The van der Waals surface area contributed by atoms with E-state index in [1.54, 1.807) is 19.2 Å². The number of hydrogen-bond donors (Lipinski definition) is 2. The number of sulfonamides is 1. The summed E-state index contributed by atoms with van der Waals surface area (Å²) >= 11 is 0. The molecule has 2 aliphatic carbocycles. The standard InChI is InChI=1S/C24H28N2O4S/c1-30-21-13-12-16(15-5-2-6-15)17-10-11-19(23(17)21)24(27)26-31(28,29)22-9-3-8-20-18(22)7-4-14-25-20/h3,8-9,12-13,15,19,25H,2,4-7,10-11,14H2,1H3,(H,26,27)/t19-/m0/s1. The Kier molecular flexibility index (Phi) is 5.16. The fourth-order valence-electron chi connectivity index (χ4n) is 5.28. The van der Waals surface area contributed by atoms with Gasteiger partial charge in [-0.15, -0.1) is 0 Å². The predicted octanol–water partition coefficient (Wildman–Crippen LogP) is 3.86. The molecule has 6 nitrogen and oxygen atoms in total. The van der Waals surface area contributed by atoms with Gasteiger partial charge in [0.1, 0.15) is 5.75 Å². The Labute approximate surface area is 183 Å². The highest BCUT2D eigenvalue weighted by atomic mass is 32.2. The third-order valence-electron chi connectivity index (χ3n) is 7.04. The van der Waals surface area contributed by atoms with Crippen molar-refractivity contribution in [3.05, 3.63) is 52.6 Å². The number of hydrogen-bond acceptors (Lipinski definition) is 5. The number of nitrogens with one attached hydrogen (secondary N) is 2. The van der Waals surface area contributed by atoms with Gasteiger partial charge in [-0.05, 0) is 79.3 Å². The molecule has 0 saturated heterocycles. The maximum Gasteiger partial charge on any atom is 0.264 e. The highest BCUT2D eigenvalue weighted by molar-refractivity contribution is 7.90. The predicted molar refractivity (Wildman–Crippen MR) is 119 cm³/mol. The highest BCUT2D eigenvalue weighted by Crippen LogP contribution is 2.47. The van der Waals surface area contributed by atoms with E-state index >= 15 is 0 Å². The maximum absolute atomic E-state index is 13.2. The van der Waals surface area contributed by atoms with E-state index in [0.717, 1.165) is 36.2 Å². The molecule has 31 heavy (non-hydrogen) atoms. The van der Waals surface area contributed by atoms with Crippen LogP contribution in [0, 0.1) is 0 Å². The van der Waals surface area contributed by atoms with Gasteiger partial charge in [0, 0.05) is 17.8 Å². The van der Waals surface area contributed by atoms with E-state index in [1.807, 2.05) is 12.1 Å². The zero-order valence-corrected chi connectivity index (χ0v) is 18.6. The van der Waals surface area contributed by atoms with E-state index in [2.05, 4.69) is 16.1 Å². The lowest BCUT2D eigenvalue weighted by Gasteiger charge is -2.28. The molecule has 2 aromatic carbocycles. The smallest absolute Gasteiger partial charge is 0.264 e. The van der Waals surface area contributed by atoms with Crippen LogP contribution in [-0.2, 0) is 27.7 Å². The molecule has 2 aromatic rings. The van der Waals surface area contributed by atoms with Crippen molar-refractivity contribution in [3.8, 4) is 5.75 Å². The van der Waals surface area contributed by atoms with Crippen molar-refractivity contribution < 1.29 is 17.9 Å². The molecule has 1 saturated carbocycles. The summed E-state index contributed by atoms with van der Waals surface area (Å²) < 4.78 is 34.3. The second-order valence-electron chi connectivity index (χ2n) is 8.75. The molecule has 1 heterocycles. The molecule has 1 aliphatic heterocycles. The molecular formula is C24H28N2O4S. The number of ether oxygens (including phenoxy) is 1. The SMILES string of the molecule is COc1ccc(C2CCC2)c2c1[C@@H](C(=O)NS(=O)(=O)c1cccc3c1CCCN3)CC2. The summed E-state index contributed by atoms with van der Waals surface area (Å²) in [5.41, 5.74) is 4.95. The van der Waals surface area contributed by atoms with Gasteiger partial charge in [0.15, 0.2) is 0 Å². The molecule has 0 unspecified atom stereocenters. The second-order valence-corrected chi connectivity index (χ2v) is 10.4. The fraction of sp³-hybridized carbons (Fsp3) is 0.458. The van der Waals surface area contributed by atoms with E-state index in [0.29, 0.717) is 24.5 Å². The van der Waals surface area contributed by atoms with Gasteiger partial charge in [0.2, 0.25) is 5.91 Å². The first-order chi connectivity index (χ1) is 15.0. The number of benzene rings is 2. The summed E-state index contributed by atoms with van der Waals surface area (Å²) in [6.07, 6.45) is 6.52. The topological polar surface area (TPSA) is 84.5 Å². The molecule has 1 fully saturated rings. The van der Waals surface area contributed by atoms with Crippen LogP contribution in [0.3, 0.4) is 0 Å². The monoisotopic (exact) mass is 440 g/mol. The third-order valence-corrected chi connectivity index (χ3v) is 8.47. The summed E-state index contributed by atoms with van der Waals surface area (Å²) in [4.78, 5) is 13.4. The first kappa shape index (κ1) is 20.4.